The van der Waals surface area contributed by atoms with Gasteiger partial charge in [0.05, 0.1) is 17.8 Å². The number of benzene rings is 1. The molecule has 14 heavy (non-hydrogen) atoms. The lowest BCUT2D eigenvalue weighted by Crippen LogP contribution is -1.93. The minimum absolute atomic E-state index is 0.798. The van der Waals surface area contributed by atoms with E-state index in [9.17, 15) is 0 Å². The summed E-state index contributed by atoms with van der Waals surface area (Å²) in [6.07, 6.45) is 3.16. The van der Waals surface area contributed by atoms with Gasteiger partial charge in [0.1, 0.15) is 11.3 Å². The summed E-state index contributed by atoms with van der Waals surface area (Å²) < 4.78 is 7.86. The molecule has 0 atom stereocenters. The predicted molar refractivity (Wildman–Crippen MR) is 58.5 cm³/mol. The first-order valence-corrected chi connectivity index (χ1v) is 5.18. The lowest BCUT2D eigenvalue weighted by Gasteiger charge is -2.01. The van der Waals surface area contributed by atoms with Gasteiger partial charge in [-0.05, 0) is 35.0 Å². The molecule has 0 saturated heterocycles. The van der Waals surface area contributed by atoms with Crippen molar-refractivity contribution in [2.24, 2.45) is 0 Å². The number of aryl methyl sites for hydroxylation is 1. The van der Waals surface area contributed by atoms with Crippen LogP contribution in [0.2, 0.25) is 0 Å². The second kappa shape index (κ2) is 3.61. The Morgan fingerprint density at radius 3 is 3.00 bits per heavy atom. The summed E-state index contributed by atoms with van der Waals surface area (Å²) in [4.78, 5) is 0. The Labute approximate surface area is 90.8 Å². The highest BCUT2D eigenvalue weighted by atomic mass is 79.9. The predicted octanol–water partition coefficient (Wildman–Crippen LogP) is 2.63. The van der Waals surface area contributed by atoms with Crippen molar-refractivity contribution in [1.29, 1.82) is 0 Å². The Morgan fingerprint density at radius 1 is 1.57 bits per heavy atom. The Hall–Kier alpha value is -1.03. The standard InChI is InChI=1S/C10H10BrN2O/c1-3-13-6-7-4-5-8(14-2)9(11)10(7)12-13/h4-5H,3H2,1-2H3. The summed E-state index contributed by atoms with van der Waals surface area (Å²) in [7, 11) is 1.65. The van der Waals surface area contributed by atoms with E-state index in [4.69, 9.17) is 4.74 Å². The fourth-order valence-electron chi connectivity index (χ4n) is 1.33. The van der Waals surface area contributed by atoms with E-state index in [1.807, 2.05) is 19.1 Å². The van der Waals surface area contributed by atoms with Crippen molar-refractivity contribution < 1.29 is 4.74 Å². The molecular formula is C10H10BrN2O. The molecule has 4 heteroatoms. The van der Waals surface area contributed by atoms with Crippen molar-refractivity contribution in [2.45, 2.75) is 13.5 Å². The van der Waals surface area contributed by atoms with E-state index in [1.54, 1.807) is 11.8 Å². The first kappa shape index (κ1) is 9.52. The molecule has 2 rings (SSSR count). The molecule has 0 aliphatic rings. The van der Waals surface area contributed by atoms with Crippen LogP contribution in [0.3, 0.4) is 0 Å². The molecule has 0 amide bonds. The second-order valence-electron chi connectivity index (χ2n) is 2.91. The number of rotatable bonds is 2. The van der Waals surface area contributed by atoms with Crippen molar-refractivity contribution in [1.82, 2.24) is 9.78 Å². The van der Waals surface area contributed by atoms with Crippen molar-refractivity contribution in [2.75, 3.05) is 7.11 Å². The normalized spacial score (nSPS) is 10.8. The monoisotopic (exact) mass is 253 g/mol. The van der Waals surface area contributed by atoms with Gasteiger partial charge in [0.2, 0.25) is 0 Å². The van der Waals surface area contributed by atoms with Gasteiger partial charge >= 0.3 is 0 Å². The SMILES string of the molecule is CCn1[c]c2ccc(OC)c(Br)c2n1. The zero-order valence-electron chi connectivity index (χ0n) is 8.04. The zero-order valence-corrected chi connectivity index (χ0v) is 9.63. The van der Waals surface area contributed by atoms with Crippen LogP contribution in [0.4, 0.5) is 0 Å². The molecule has 0 unspecified atom stereocenters. The van der Waals surface area contributed by atoms with E-state index >= 15 is 0 Å². The van der Waals surface area contributed by atoms with Gasteiger partial charge in [-0.15, -0.1) is 0 Å². The topological polar surface area (TPSA) is 27.1 Å². The summed E-state index contributed by atoms with van der Waals surface area (Å²) in [6, 6.07) is 3.86. The highest BCUT2D eigenvalue weighted by molar-refractivity contribution is 9.10. The molecule has 0 N–H and O–H groups in total. The molecule has 1 aromatic carbocycles. The Kier molecular flexibility index (Phi) is 2.46. The van der Waals surface area contributed by atoms with Crippen LogP contribution in [-0.2, 0) is 6.54 Å². The molecule has 0 aliphatic carbocycles. The van der Waals surface area contributed by atoms with Crippen molar-refractivity contribution in [3.05, 3.63) is 22.8 Å². The van der Waals surface area contributed by atoms with Gasteiger partial charge in [-0.2, -0.15) is 5.10 Å². The number of ether oxygens (including phenoxy) is 1. The summed E-state index contributed by atoms with van der Waals surface area (Å²) in [6.45, 7) is 2.86. The van der Waals surface area contributed by atoms with Crippen molar-refractivity contribution >= 4 is 26.8 Å². The third-order valence-electron chi connectivity index (χ3n) is 2.07. The van der Waals surface area contributed by atoms with E-state index < -0.39 is 0 Å². The molecule has 0 spiro atoms. The molecule has 1 heterocycles. The summed E-state index contributed by atoms with van der Waals surface area (Å²) in [5, 5.41) is 5.37. The first-order chi connectivity index (χ1) is 6.76. The van der Waals surface area contributed by atoms with Crippen LogP contribution in [0.15, 0.2) is 16.6 Å². The van der Waals surface area contributed by atoms with Gasteiger partial charge in [-0.3, -0.25) is 4.68 Å². The van der Waals surface area contributed by atoms with Gasteiger partial charge in [0, 0.05) is 11.9 Å². The minimum atomic E-state index is 0.798. The van der Waals surface area contributed by atoms with E-state index in [-0.39, 0.29) is 0 Å². The fraction of sp³-hybridized carbons (Fsp3) is 0.300. The van der Waals surface area contributed by atoms with E-state index in [0.29, 0.717) is 0 Å². The quantitative estimate of drug-likeness (QED) is 0.823. The number of methoxy groups -OCH3 is 1. The van der Waals surface area contributed by atoms with Gasteiger partial charge in [0.15, 0.2) is 0 Å². The smallest absolute Gasteiger partial charge is 0.135 e. The van der Waals surface area contributed by atoms with Gasteiger partial charge in [0.25, 0.3) is 0 Å². The number of fused-ring (bicyclic) bond motifs is 1. The molecule has 1 radical (unpaired) electrons. The van der Waals surface area contributed by atoms with Crippen molar-refractivity contribution in [3.8, 4) is 5.75 Å². The molecule has 1 aromatic heterocycles. The third kappa shape index (κ3) is 1.39. The van der Waals surface area contributed by atoms with Gasteiger partial charge < -0.3 is 4.74 Å². The van der Waals surface area contributed by atoms with Gasteiger partial charge in [-0.1, -0.05) is 0 Å². The Bertz CT molecular complexity index is 464. The van der Waals surface area contributed by atoms with Crippen LogP contribution in [0.5, 0.6) is 5.75 Å². The zero-order chi connectivity index (χ0) is 10.1. The molecule has 0 aliphatic heterocycles. The average Bonchev–Trinajstić information content (AvgIpc) is 2.62. The van der Waals surface area contributed by atoms with Crippen LogP contribution in [0.1, 0.15) is 6.92 Å². The number of hydrogen-bond donors (Lipinski definition) is 0. The Balaban J connectivity index is 2.68. The van der Waals surface area contributed by atoms with Crippen LogP contribution in [-0.4, -0.2) is 16.9 Å². The number of hydrogen-bond acceptors (Lipinski definition) is 2. The second-order valence-corrected chi connectivity index (χ2v) is 3.70. The number of aromatic nitrogens is 2. The fourth-order valence-corrected chi connectivity index (χ4v) is 1.91. The molecule has 0 bridgehead atoms. The Morgan fingerprint density at radius 2 is 2.36 bits per heavy atom. The van der Waals surface area contributed by atoms with Crippen LogP contribution in [0, 0.1) is 6.20 Å². The highest BCUT2D eigenvalue weighted by Crippen LogP contribution is 2.31. The first-order valence-electron chi connectivity index (χ1n) is 4.38. The molecule has 2 aromatic rings. The largest absolute Gasteiger partial charge is 0.495 e. The lowest BCUT2D eigenvalue weighted by atomic mass is 10.2. The van der Waals surface area contributed by atoms with Crippen LogP contribution in [0.25, 0.3) is 10.9 Å². The van der Waals surface area contributed by atoms with E-state index in [1.165, 1.54) is 0 Å². The minimum Gasteiger partial charge on any atom is -0.495 e. The summed E-state index contributed by atoms with van der Waals surface area (Å²) in [5.41, 5.74) is 0.895. The maximum atomic E-state index is 5.19. The van der Waals surface area contributed by atoms with E-state index in [2.05, 4.69) is 27.2 Å². The highest BCUT2D eigenvalue weighted by Gasteiger charge is 2.08. The molecular weight excluding hydrogens is 244 g/mol. The lowest BCUT2D eigenvalue weighted by molar-refractivity contribution is 0.413. The summed E-state index contributed by atoms with van der Waals surface area (Å²) in [5.74, 6) is 0.798. The number of nitrogens with zero attached hydrogens (tertiary/aromatic N) is 2. The maximum absolute atomic E-state index is 5.19. The molecule has 0 fully saturated rings. The van der Waals surface area contributed by atoms with E-state index in [0.717, 1.165) is 27.7 Å². The van der Waals surface area contributed by atoms with Gasteiger partial charge in [-0.25, -0.2) is 0 Å². The van der Waals surface area contributed by atoms with Crippen LogP contribution < -0.4 is 4.74 Å². The number of halogens is 1. The van der Waals surface area contributed by atoms with Crippen LogP contribution >= 0.6 is 15.9 Å². The molecule has 0 saturated carbocycles. The molecule has 73 valence electrons. The maximum Gasteiger partial charge on any atom is 0.135 e. The van der Waals surface area contributed by atoms with Crippen molar-refractivity contribution in [3.63, 3.8) is 0 Å². The molecule has 3 nitrogen and oxygen atoms in total. The third-order valence-corrected chi connectivity index (χ3v) is 2.84. The summed E-state index contributed by atoms with van der Waals surface area (Å²) >= 11 is 3.46. The average molecular weight is 254 g/mol.